The Balaban J connectivity index is 1.80. The number of para-hydroxylation sites is 2. The van der Waals surface area contributed by atoms with Crippen LogP contribution >= 0.6 is 0 Å². The van der Waals surface area contributed by atoms with Crippen LogP contribution in [0.2, 0.25) is 0 Å². The molecule has 1 amide bonds. The molecule has 0 aliphatic heterocycles. The number of aromatic nitrogens is 2. The fourth-order valence-corrected chi connectivity index (χ4v) is 3.71. The summed E-state index contributed by atoms with van der Waals surface area (Å²) in [6.45, 7) is 4.88. The Morgan fingerprint density at radius 3 is 2.57 bits per heavy atom. The maximum absolute atomic E-state index is 12.5. The van der Waals surface area contributed by atoms with E-state index in [-0.39, 0.29) is 24.2 Å². The maximum atomic E-state index is 12.5. The molecule has 1 fully saturated rings. The second-order valence-corrected chi connectivity index (χ2v) is 6.64. The van der Waals surface area contributed by atoms with Gasteiger partial charge < -0.3 is 5.32 Å². The van der Waals surface area contributed by atoms with E-state index in [4.69, 9.17) is 0 Å². The standard InChI is InChI=1S/C18H25N3O2/c1-3-20-15-9-4-5-10-16(15)21(18(20)23)12-17(22)19-14-8-6-7-13(2)11-14/h4-5,9-10,13-14H,3,6-8,11-12H2,1-2H3,(H,19,22)/t13-,14+/m0/s1. The number of amides is 1. The molecule has 23 heavy (non-hydrogen) atoms. The van der Waals surface area contributed by atoms with Gasteiger partial charge in [0.2, 0.25) is 5.91 Å². The predicted molar refractivity (Wildman–Crippen MR) is 91.4 cm³/mol. The van der Waals surface area contributed by atoms with E-state index in [2.05, 4.69) is 12.2 Å². The van der Waals surface area contributed by atoms with Gasteiger partial charge in [0, 0.05) is 12.6 Å². The van der Waals surface area contributed by atoms with Gasteiger partial charge in [-0.1, -0.05) is 31.9 Å². The molecule has 3 rings (SSSR count). The lowest BCUT2D eigenvalue weighted by molar-refractivity contribution is -0.122. The topological polar surface area (TPSA) is 56.0 Å². The van der Waals surface area contributed by atoms with Crippen LogP contribution in [0.4, 0.5) is 0 Å². The smallest absolute Gasteiger partial charge is 0.329 e. The van der Waals surface area contributed by atoms with Gasteiger partial charge in [-0.15, -0.1) is 0 Å². The number of benzene rings is 1. The van der Waals surface area contributed by atoms with Crippen molar-refractivity contribution < 1.29 is 4.79 Å². The molecular formula is C18H25N3O2. The molecule has 0 unspecified atom stereocenters. The summed E-state index contributed by atoms with van der Waals surface area (Å²) in [6.07, 6.45) is 4.50. The summed E-state index contributed by atoms with van der Waals surface area (Å²) in [5.41, 5.74) is 1.60. The quantitative estimate of drug-likeness (QED) is 0.942. The van der Waals surface area contributed by atoms with Crippen molar-refractivity contribution in [3.63, 3.8) is 0 Å². The Bertz CT molecular complexity index is 759. The molecule has 2 aromatic rings. The summed E-state index contributed by atoms with van der Waals surface area (Å²) in [6, 6.07) is 7.90. The van der Waals surface area contributed by atoms with Crippen LogP contribution in [-0.2, 0) is 17.9 Å². The fraction of sp³-hybridized carbons (Fsp3) is 0.556. The second-order valence-electron chi connectivity index (χ2n) is 6.64. The van der Waals surface area contributed by atoms with Crippen LogP contribution in [0.15, 0.2) is 29.1 Å². The van der Waals surface area contributed by atoms with E-state index in [0.717, 1.165) is 23.9 Å². The summed E-state index contributed by atoms with van der Waals surface area (Å²) in [4.78, 5) is 24.9. The lowest BCUT2D eigenvalue weighted by atomic mass is 9.87. The average Bonchev–Trinajstić information content (AvgIpc) is 2.79. The molecule has 0 bridgehead atoms. The van der Waals surface area contributed by atoms with Crippen molar-refractivity contribution in [2.75, 3.05) is 0 Å². The van der Waals surface area contributed by atoms with Gasteiger partial charge >= 0.3 is 5.69 Å². The third kappa shape index (κ3) is 3.19. The summed E-state index contributed by atoms with van der Waals surface area (Å²) >= 11 is 0. The van der Waals surface area contributed by atoms with Gasteiger partial charge in [-0.05, 0) is 37.8 Å². The van der Waals surface area contributed by atoms with E-state index in [9.17, 15) is 9.59 Å². The van der Waals surface area contributed by atoms with E-state index >= 15 is 0 Å². The Labute approximate surface area is 136 Å². The molecule has 0 spiro atoms. The fourth-order valence-electron chi connectivity index (χ4n) is 3.71. The van der Waals surface area contributed by atoms with E-state index in [0.29, 0.717) is 12.5 Å². The number of hydrogen-bond acceptors (Lipinski definition) is 2. The van der Waals surface area contributed by atoms with Crippen molar-refractivity contribution >= 4 is 16.9 Å². The molecule has 1 saturated carbocycles. The van der Waals surface area contributed by atoms with Crippen LogP contribution in [0.1, 0.15) is 39.5 Å². The molecular weight excluding hydrogens is 290 g/mol. The summed E-state index contributed by atoms with van der Waals surface area (Å²) in [5, 5.41) is 3.11. The summed E-state index contributed by atoms with van der Waals surface area (Å²) in [7, 11) is 0. The van der Waals surface area contributed by atoms with Crippen LogP contribution in [0, 0.1) is 5.92 Å². The first-order chi connectivity index (χ1) is 11.1. The van der Waals surface area contributed by atoms with Gasteiger partial charge in [0.05, 0.1) is 11.0 Å². The normalized spacial score (nSPS) is 21.5. The van der Waals surface area contributed by atoms with Gasteiger partial charge in [-0.25, -0.2) is 4.79 Å². The number of fused-ring (bicyclic) bond motifs is 1. The highest BCUT2D eigenvalue weighted by atomic mass is 16.2. The van der Waals surface area contributed by atoms with E-state index in [1.165, 1.54) is 12.8 Å². The predicted octanol–water partition coefficient (Wildman–Crippen LogP) is 2.52. The molecule has 5 heteroatoms. The first kappa shape index (κ1) is 15.8. The number of carbonyl (C=O) groups is 1. The molecule has 0 saturated heterocycles. The van der Waals surface area contributed by atoms with E-state index in [1.54, 1.807) is 9.13 Å². The van der Waals surface area contributed by atoms with Crippen molar-refractivity contribution in [3.8, 4) is 0 Å². The number of nitrogens with one attached hydrogen (secondary N) is 1. The molecule has 1 heterocycles. The van der Waals surface area contributed by atoms with Crippen molar-refractivity contribution in [2.45, 2.75) is 58.7 Å². The number of nitrogens with zero attached hydrogens (tertiary/aromatic N) is 2. The Morgan fingerprint density at radius 1 is 1.22 bits per heavy atom. The minimum atomic E-state index is -0.110. The highest BCUT2D eigenvalue weighted by Gasteiger charge is 2.21. The molecule has 1 aliphatic carbocycles. The lowest BCUT2D eigenvalue weighted by Crippen LogP contribution is -2.41. The first-order valence-electron chi connectivity index (χ1n) is 8.57. The Kier molecular flexibility index (Phi) is 4.55. The highest BCUT2D eigenvalue weighted by molar-refractivity contribution is 5.81. The number of hydrogen-bond donors (Lipinski definition) is 1. The molecule has 1 aromatic heterocycles. The second kappa shape index (κ2) is 6.60. The molecule has 2 atom stereocenters. The monoisotopic (exact) mass is 315 g/mol. The van der Waals surface area contributed by atoms with Gasteiger partial charge in [-0.2, -0.15) is 0 Å². The van der Waals surface area contributed by atoms with Crippen LogP contribution in [-0.4, -0.2) is 21.1 Å². The molecule has 1 aromatic carbocycles. The maximum Gasteiger partial charge on any atom is 0.329 e. The zero-order valence-electron chi connectivity index (χ0n) is 13.9. The first-order valence-corrected chi connectivity index (χ1v) is 8.57. The molecule has 1 aliphatic rings. The number of rotatable bonds is 4. The minimum Gasteiger partial charge on any atom is -0.352 e. The third-order valence-corrected chi connectivity index (χ3v) is 4.84. The SMILES string of the molecule is CCn1c(=O)n(CC(=O)N[C@@H]2CCC[C@H](C)C2)c2ccccc21. The van der Waals surface area contributed by atoms with Crippen LogP contribution < -0.4 is 11.0 Å². The molecule has 1 N–H and O–H groups in total. The molecule has 124 valence electrons. The average molecular weight is 315 g/mol. The number of aryl methyl sites for hydroxylation is 1. The Morgan fingerprint density at radius 2 is 1.91 bits per heavy atom. The molecule has 0 radical (unpaired) electrons. The largest absolute Gasteiger partial charge is 0.352 e. The van der Waals surface area contributed by atoms with Gasteiger partial charge in [0.15, 0.2) is 0 Å². The van der Waals surface area contributed by atoms with Crippen LogP contribution in [0.5, 0.6) is 0 Å². The van der Waals surface area contributed by atoms with E-state index < -0.39 is 0 Å². The van der Waals surface area contributed by atoms with Crippen molar-refractivity contribution in [2.24, 2.45) is 5.92 Å². The lowest BCUT2D eigenvalue weighted by Gasteiger charge is -2.27. The third-order valence-electron chi connectivity index (χ3n) is 4.84. The van der Waals surface area contributed by atoms with Gasteiger partial charge in [0.25, 0.3) is 0 Å². The van der Waals surface area contributed by atoms with Crippen LogP contribution in [0.3, 0.4) is 0 Å². The summed E-state index contributed by atoms with van der Waals surface area (Å²) in [5.74, 6) is 0.601. The molecule has 5 nitrogen and oxygen atoms in total. The number of imidazole rings is 1. The zero-order valence-corrected chi connectivity index (χ0v) is 13.9. The van der Waals surface area contributed by atoms with Gasteiger partial charge in [-0.3, -0.25) is 13.9 Å². The highest BCUT2D eigenvalue weighted by Crippen LogP contribution is 2.23. The van der Waals surface area contributed by atoms with Crippen molar-refractivity contribution in [3.05, 3.63) is 34.7 Å². The zero-order chi connectivity index (χ0) is 16.4. The minimum absolute atomic E-state index is 0.0646. The van der Waals surface area contributed by atoms with Gasteiger partial charge in [0.1, 0.15) is 6.54 Å². The summed E-state index contributed by atoms with van der Waals surface area (Å²) < 4.78 is 3.30. The Hall–Kier alpha value is -2.04. The van der Waals surface area contributed by atoms with Crippen LogP contribution in [0.25, 0.3) is 11.0 Å². The number of carbonyl (C=O) groups excluding carboxylic acids is 1. The van der Waals surface area contributed by atoms with E-state index in [1.807, 2.05) is 31.2 Å². The van der Waals surface area contributed by atoms with Crippen molar-refractivity contribution in [1.29, 1.82) is 0 Å². The van der Waals surface area contributed by atoms with Crippen molar-refractivity contribution in [1.82, 2.24) is 14.5 Å².